The number of rotatable bonds is 4. The summed E-state index contributed by atoms with van der Waals surface area (Å²) in [6.07, 6.45) is -0.318. The second-order valence-corrected chi connectivity index (χ2v) is 10.4. The number of amides is 1. The van der Waals surface area contributed by atoms with Gasteiger partial charge in [-0.15, -0.1) is 0 Å². The predicted octanol–water partition coefficient (Wildman–Crippen LogP) is 0.203. The molecule has 32 heavy (non-hydrogen) atoms. The van der Waals surface area contributed by atoms with E-state index in [2.05, 4.69) is 4.98 Å². The normalized spacial score (nSPS) is 23.5. The molecule has 2 atom stereocenters. The van der Waals surface area contributed by atoms with Crippen molar-refractivity contribution in [3.8, 4) is 0 Å². The summed E-state index contributed by atoms with van der Waals surface area (Å²) in [5.74, 6) is 0.247. The number of benzene rings is 1. The molecule has 1 aromatic carbocycles. The van der Waals surface area contributed by atoms with Gasteiger partial charge in [-0.05, 0) is 32.9 Å². The van der Waals surface area contributed by atoms with E-state index in [1.807, 2.05) is 19.9 Å². The number of piperazine rings is 1. The molecule has 10 nitrogen and oxygen atoms in total. The van der Waals surface area contributed by atoms with Gasteiger partial charge in [0.05, 0.1) is 23.1 Å². The summed E-state index contributed by atoms with van der Waals surface area (Å²) in [5.41, 5.74) is 0.350. The van der Waals surface area contributed by atoms with Crippen molar-refractivity contribution in [3.05, 3.63) is 40.4 Å². The molecule has 174 valence electrons. The highest BCUT2D eigenvalue weighted by Crippen LogP contribution is 2.19. The highest BCUT2D eigenvalue weighted by Gasteiger charge is 2.37. The van der Waals surface area contributed by atoms with Crippen LogP contribution in [0, 0.1) is 6.92 Å². The van der Waals surface area contributed by atoms with E-state index in [4.69, 9.17) is 4.74 Å². The second-order valence-electron chi connectivity index (χ2n) is 8.43. The van der Waals surface area contributed by atoms with E-state index in [9.17, 15) is 18.0 Å². The fraction of sp³-hybridized carbons (Fsp3) is 0.571. The van der Waals surface area contributed by atoms with Crippen LogP contribution >= 0.6 is 0 Å². The molecule has 4 rings (SSSR count). The number of hydrogen-bond acceptors (Lipinski definition) is 6. The van der Waals surface area contributed by atoms with E-state index < -0.39 is 10.2 Å². The van der Waals surface area contributed by atoms with E-state index in [1.165, 1.54) is 13.2 Å². The second kappa shape index (κ2) is 8.89. The SMILES string of the molecule is Cc1nc2ccccc2c(=O)n1CC(=O)N1CCN(S(=O)(=O)N2CC(C)OC(C)C2)CC1. The van der Waals surface area contributed by atoms with Crippen molar-refractivity contribution in [2.45, 2.75) is 39.5 Å². The Hall–Kier alpha value is -2.34. The minimum absolute atomic E-state index is 0.117. The van der Waals surface area contributed by atoms with Crippen LogP contribution in [0.1, 0.15) is 19.7 Å². The lowest BCUT2D eigenvalue weighted by molar-refractivity contribution is -0.133. The number of morpholine rings is 1. The van der Waals surface area contributed by atoms with Crippen LogP contribution in [-0.4, -0.2) is 88.9 Å². The first-order chi connectivity index (χ1) is 15.2. The van der Waals surface area contributed by atoms with Crippen LogP contribution in [0.15, 0.2) is 29.1 Å². The third-order valence-corrected chi connectivity index (χ3v) is 7.94. The largest absolute Gasteiger partial charge is 0.373 e. The predicted molar refractivity (Wildman–Crippen MR) is 119 cm³/mol. The molecule has 3 heterocycles. The topological polar surface area (TPSA) is 105 Å². The minimum Gasteiger partial charge on any atom is -0.373 e. The molecule has 1 aromatic heterocycles. The molecule has 0 aliphatic carbocycles. The standard InChI is InChI=1S/C21H29N5O5S/c1-15-12-25(13-16(2)31-15)32(29,30)24-10-8-23(9-11-24)20(27)14-26-17(3)22-19-7-5-4-6-18(19)21(26)28/h4-7,15-16H,8-14H2,1-3H3. The lowest BCUT2D eigenvalue weighted by atomic mass is 10.2. The van der Waals surface area contributed by atoms with Gasteiger partial charge in [0.25, 0.3) is 15.8 Å². The Morgan fingerprint density at radius 1 is 1.06 bits per heavy atom. The molecular weight excluding hydrogens is 434 g/mol. The molecule has 2 fully saturated rings. The van der Waals surface area contributed by atoms with Gasteiger partial charge < -0.3 is 9.64 Å². The fourth-order valence-electron chi connectivity index (χ4n) is 4.35. The smallest absolute Gasteiger partial charge is 0.282 e. The highest BCUT2D eigenvalue weighted by molar-refractivity contribution is 7.86. The monoisotopic (exact) mass is 463 g/mol. The number of aromatic nitrogens is 2. The Labute approximate surface area is 187 Å². The van der Waals surface area contributed by atoms with Gasteiger partial charge in [-0.3, -0.25) is 14.2 Å². The first-order valence-electron chi connectivity index (χ1n) is 10.8. The zero-order valence-electron chi connectivity index (χ0n) is 18.6. The number of ether oxygens (including phenoxy) is 1. The van der Waals surface area contributed by atoms with Crippen molar-refractivity contribution >= 4 is 27.0 Å². The van der Waals surface area contributed by atoms with Gasteiger partial charge in [-0.2, -0.15) is 17.0 Å². The van der Waals surface area contributed by atoms with Gasteiger partial charge in [-0.25, -0.2) is 4.98 Å². The Balaban J connectivity index is 1.42. The average molecular weight is 464 g/mol. The van der Waals surface area contributed by atoms with Crippen LogP contribution in [0.25, 0.3) is 10.9 Å². The third kappa shape index (κ3) is 4.42. The van der Waals surface area contributed by atoms with Crippen LogP contribution in [0.4, 0.5) is 0 Å². The number of fused-ring (bicyclic) bond motifs is 1. The number of carbonyl (C=O) groups is 1. The van der Waals surface area contributed by atoms with Crippen molar-refractivity contribution in [2.24, 2.45) is 0 Å². The molecule has 1 amide bonds. The summed E-state index contributed by atoms with van der Waals surface area (Å²) >= 11 is 0. The Morgan fingerprint density at radius 2 is 1.69 bits per heavy atom. The maximum absolute atomic E-state index is 13.1. The first kappa shape index (κ1) is 22.8. The molecule has 0 spiro atoms. The van der Waals surface area contributed by atoms with Gasteiger partial charge >= 0.3 is 0 Å². The quantitative estimate of drug-likeness (QED) is 0.642. The number of nitrogens with zero attached hydrogens (tertiary/aromatic N) is 5. The van der Waals surface area contributed by atoms with Crippen molar-refractivity contribution in [1.82, 2.24) is 23.1 Å². The molecule has 2 aliphatic heterocycles. The molecule has 2 saturated heterocycles. The summed E-state index contributed by atoms with van der Waals surface area (Å²) < 4.78 is 36.0. The van der Waals surface area contributed by atoms with Crippen molar-refractivity contribution in [3.63, 3.8) is 0 Å². The lowest BCUT2D eigenvalue weighted by Crippen LogP contribution is -2.58. The van der Waals surface area contributed by atoms with Gasteiger partial charge in [0.2, 0.25) is 5.91 Å². The summed E-state index contributed by atoms with van der Waals surface area (Å²) in [6, 6.07) is 7.05. The summed E-state index contributed by atoms with van der Waals surface area (Å²) in [6.45, 7) is 6.96. The Kier molecular flexibility index (Phi) is 6.35. The number of hydrogen-bond donors (Lipinski definition) is 0. The molecule has 11 heteroatoms. The molecule has 2 aliphatic rings. The van der Waals surface area contributed by atoms with Crippen molar-refractivity contribution < 1.29 is 17.9 Å². The molecule has 2 unspecified atom stereocenters. The number of para-hydroxylation sites is 1. The van der Waals surface area contributed by atoms with E-state index in [-0.39, 0.29) is 56.4 Å². The van der Waals surface area contributed by atoms with Crippen molar-refractivity contribution in [1.29, 1.82) is 0 Å². The first-order valence-corrected chi connectivity index (χ1v) is 12.2. The van der Waals surface area contributed by atoms with Gasteiger partial charge in [0.15, 0.2) is 0 Å². The molecule has 0 radical (unpaired) electrons. The van der Waals surface area contributed by atoms with Crippen LogP contribution < -0.4 is 5.56 Å². The zero-order chi connectivity index (χ0) is 23.0. The Morgan fingerprint density at radius 3 is 2.34 bits per heavy atom. The fourth-order valence-corrected chi connectivity index (χ4v) is 6.10. The maximum Gasteiger partial charge on any atom is 0.282 e. The van der Waals surface area contributed by atoms with Crippen LogP contribution in [0.5, 0.6) is 0 Å². The minimum atomic E-state index is -3.61. The average Bonchev–Trinajstić information content (AvgIpc) is 2.76. The van der Waals surface area contributed by atoms with Crippen LogP contribution in [0.2, 0.25) is 0 Å². The maximum atomic E-state index is 13.1. The molecular formula is C21H29N5O5S. The number of aryl methyl sites for hydroxylation is 1. The van der Waals surface area contributed by atoms with Crippen LogP contribution in [0.3, 0.4) is 0 Å². The summed E-state index contributed by atoms with van der Waals surface area (Å²) in [7, 11) is -3.61. The molecule has 0 bridgehead atoms. The zero-order valence-corrected chi connectivity index (χ0v) is 19.4. The lowest BCUT2D eigenvalue weighted by Gasteiger charge is -2.40. The van der Waals surface area contributed by atoms with E-state index in [1.54, 1.807) is 30.0 Å². The van der Waals surface area contributed by atoms with E-state index in [0.717, 1.165) is 0 Å². The molecule has 0 saturated carbocycles. The third-order valence-electron chi connectivity index (χ3n) is 5.98. The van der Waals surface area contributed by atoms with E-state index >= 15 is 0 Å². The van der Waals surface area contributed by atoms with E-state index in [0.29, 0.717) is 29.8 Å². The number of carbonyl (C=O) groups excluding carboxylic acids is 1. The summed E-state index contributed by atoms with van der Waals surface area (Å²) in [4.78, 5) is 31.8. The van der Waals surface area contributed by atoms with Gasteiger partial charge in [0.1, 0.15) is 12.4 Å². The van der Waals surface area contributed by atoms with Gasteiger partial charge in [0, 0.05) is 39.3 Å². The van der Waals surface area contributed by atoms with Crippen LogP contribution in [-0.2, 0) is 26.3 Å². The van der Waals surface area contributed by atoms with Crippen molar-refractivity contribution in [2.75, 3.05) is 39.3 Å². The summed E-state index contributed by atoms with van der Waals surface area (Å²) in [5, 5.41) is 0.468. The molecule has 0 N–H and O–H groups in total. The Bertz CT molecular complexity index is 1160. The molecule has 2 aromatic rings. The highest BCUT2D eigenvalue weighted by atomic mass is 32.2. The van der Waals surface area contributed by atoms with Gasteiger partial charge in [-0.1, -0.05) is 12.1 Å².